The average molecular weight is 437 g/mol. The quantitative estimate of drug-likeness (QED) is 0.585. The normalized spacial score (nSPS) is 16.0. The van der Waals surface area contributed by atoms with E-state index < -0.39 is 6.11 Å². The van der Waals surface area contributed by atoms with E-state index in [-0.39, 0.29) is 12.3 Å². The number of ether oxygens (including phenoxy) is 1. The van der Waals surface area contributed by atoms with E-state index in [9.17, 15) is 8.78 Å². The molecule has 8 heteroatoms. The zero-order valence-corrected chi connectivity index (χ0v) is 16.2. The van der Waals surface area contributed by atoms with Gasteiger partial charge in [0.05, 0.1) is 10.7 Å². The Morgan fingerprint density at radius 3 is 2.52 bits per heavy atom. The van der Waals surface area contributed by atoms with E-state index in [1.54, 1.807) is 46.1 Å². The highest BCUT2D eigenvalue weighted by molar-refractivity contribution is 9.10. The van der Waals surface area contributed by atoms with Crippen molar-refractivity contribution in [1.82, 2.24) is 19.5 Å². The highest BCUT2D eigenvalue weighted by Gasteiger charge is 2.34. The van der Waals surface area contributed by atoms with Crippen LogP contribution >= 0.6 is 15.9 Å². The van der Waals surface area contributed by atoms with Crippen molar-refractivity contribution >= 4 is 21.6 Å². The second-order valence-corrected chi connectivity index (χ2v) is 7.56. The van der Waals surface area contributed by atoms with Gasteiger partial charge in [0.1, 0.15) is 12.3 Å². The minimum absolute atomic E-state index is 0.150. The van der Waals surface area contributed by atoms with Crippen molar-refractivity contribution in [1.29, 1.82) is 0 Å². The topological polar surface area (TPSA) is 42.7 Å². The number of fused-ring (bicyclic) bond motifs is 1. The molecule has 0 saturated carbocycles. The smallest absolute Gasteiger partial charge is 0.410 e. The number of hydrogen-bond donors (Lipinski definition) is 0. The van der Waals surface area contributed by atoms with E-state index in [0.29, 0.717) is 13.1 Å². The molecule has 1 aliphatic heterocycles. The zero-order valence-electron chi connectivity index (χ0n) is 14.6. The van der Waals surface area contributed by atoms with Crippen LogP contribution in [-0.4, -0.2) is 45.2 Å². The van der Waals surface area contributed by atoms with Crippen molar-refractivity contribution in [3.63, 3.8) is 0 Å². The summed E-state index contributed by atoms with van der Waals surface area (Å²) < 4.78 is 35.8. The van der Waals surface area contributed by atoms with Gasteiger partial charge in [0.15, 0.2) is 5.65 Å². The Morgan fingerprint density at radius 1 is 1.04 bits per heavy atom. The van der Waals surface area contributed by atoms with Gasteiger partial charge in [0.2, 0.25) is 0 Å². The Hall–Kier alpha value is -2.06. The molecular formula is C19H19BrF2N4O. The molecule has 3 aromatic rings. The first-order valence-electron chi connectivity index (χ1n) is 8.89. The fourth-order valence-electron chi connectivity index (χ4n) is 3.29. The molecule has 0 bridgehead atoms. The Morgan fingerprint density at radius 2 is 1.78 bits per heavy atom. The number of rotatable bonds is 5. The van der Waals surface area contributed by atoms with Crippen LogP contribution in [0, 0.1) is 0 Å². The van der Waals surface area contributed by atoms with Gasteiger partial charge < -0.3 is 4.74 Å². The van der Waals surface area contributed by atoms with Gasteiger partial charge >= 0.3 is 6.11 Å². The molecule has 0 atom stereocenters. The van der Waals surface area contributed by atoms with Gasteiger partial charge in [0.25, 0.3) is 0 Å². The molecule has 3 heterocycles. The molecule has 27 heavy (non-hydrogen) atoms. The standard InChI is InChI=1S/C19H19BrF2N4O/c20-17-11-24-26-12-15(10-23-18(17)26)14-4-6-16(7-5-14)27-19(21,22)13-25-8-2-1-3-9-25/h4-7,10-12H,1-3,8-9,13H2. The summed E-state index contributed by atoms with van der Waals surface area (Å²) in [4.78, 5) is 6.13. The first-order chi connectivity index (χ1) is 13.0. The summed E-state index contributed by atoms with van der Waals surface area (Å²) in [6, 6.07) is 6.60. The van der Waals surface area contributed by atoms with Crippen LogP contribution in [0.3, 0.4) is 0 Å². The first kappa shape index (κ1) is 18.3. The van der Waals surface area contributed by atoms with E-state index in [0.717, 1.165) is 40.5 Å². The minimum Gasteiger partial charge on any atom is -0.432 e. The molecule has 0 unspecified atom stereocenters. The molecular weight excluding hydrogens is 418 g/mol. The molecule has 2 aromatic heterocycles. The Balaban J connectivity index is 1.46. The Labute approximate surface area is 164 Å². The van der Waals surface area contributed by atoms with E-state index in [1.165, 1.54) is 0 Å². The van der Waals surface area contributed by atoms with Crippen LogP contribution in [0.2, 0.25) is 0 Å². The molecule has 1 fully saturated rings. The van der Waals surface area contributed by atoms with Gasteiger partial charge in [-0.3, -0.25) is 4.90 Å². The minimum atomic E-state index is -3.21. The number of benzene rings is 1. The lowest BCUT2D eigenvalue weighted by atomic mass is 10.1. The Kier molecular flexibility index (Phi) is 5.10. The highest BCUT2D eigenvalue weighted by Crippen LogP contribution is 2.27. The van der Waals surface area contributed by atoms with Gasteiger partial charge in [-0.1, -0.05) is 18.6 Å². The van der Waals surface area contributed by atoms with Crippen LogP contribution in [0.25, 0.3) is 16.8 Å². The third-order valence-electron chi connectivity index (χ3n) is 4.62. The molecule has 0 radical (unpaired) electrons. The summed E-state index contributed by atoms with van der Waals surface area (Å²) in [6.45, 7) is 1.04. The number of alkyl halides is 2. The van der Waals surface area contributed by atoms with E-state index in [4.69, 9.17) is 4.74 Å². The molecule has 0 amide bonds. The number of piperidine rings is 1. The van der Waals surface area contributed by atoms with Crippen LogP contribution in [0.5, 0.6) is 5.75 Å². The highest BCUT2D eigenvalue weighted by atomic mass is 79.9. The van der Waals surface area contributed by atoms with E-state index in [2.05, 4.69) is 26.0 Å². The predicted molar refractivity (Wildman–Crippen MR) is 102 cm³/mol. The molecule has 0 aliphatic carbocycles. The number of nitrogens with zero attached hydrogens (tertiary/aromatic N) is 4. The lowest BCUT2D eigenvalue weighted by Gasteiger charge is -2.30. The predicted octanol–water partition coefficient (Wildman–Crippen LogP) is 4.62. The average Bonchev–Trinajstić information content (AvgIpc) is 3.03. The van der Waals surface area contributed by atoms with Gasteiger partial charge in [-0.05, 0) is 59.6 Å². The van der Waals surface area contributed by atoms with Gasteiger partial charge in [0, 0.05) is 18.0 Å². The number of hydrogen-bond acceptors (Lipinski definition) is 4. The monoisotopic (exact) mass is 436 g/mol. The molecule has 1 aliphatic rings. The van der Waals surface area contributed by atoms with Gasteiger partial charge in [-0.25, -0.2) is 9.50 Å². The van der Waals surface area contributed by atoms with Crippen LogP contribution in [0.15, 0.2) is 47.3 Å². The maximum atomic E-state index is 14.2. The van der Waals surface area contributed by atoms with Crippen molar-refractivity contribution in [2.24, 2.45) is 0 Å². The number of aromatic nitrogens is 3. The second-order valence-electron chi connectivity index (χ2n) is 6.70. The molecule has 142 valence electrons. The van der Waals surface area contributed by atoms with Crippen molar-refractivity contribution in [3.05, 3.63) is 47.3 Å². The molecule has 0 N–H and O–H groups in total. The number of halogens is 3. The molecule has 1 saturated heterocycles. The van der Waals surface area contributed by atoms with E-state index in [1.807, 2.05) is 6.20 Å². The molecule has 4 rings (SSSR count). The summed E-state index contributed by atoms with van der Waals surface area (Å²) in [5.41, 5.74) is 2.41. The van der Waals surface area contributed by atoms with Crippen LogP contribution in [0.4, 0.5) is 8.78 Å². The summed E-state index contributed by atoms with van der Waals surface area (Å²) in [7, 11) is 0. The fourth-order valence-corrected chi connectivity index (χ4v) is 3.67. The van der Waals surface area contributed by atoms with Crippen LogP contribution in [-0.2, 0) is 0 Å². The maximum Gasteiger partial charge on any atom is 0.410 e. The summed E-state index contributed by atoms with van der Waals surface area (Å²) in [5, 5.41) is 4.20. The molecule has 0 spiro atoms. The first-order valence-corrected chi connectivity index (χ1v) is 9.68. The lowest BCUT2D eigenvalue weighted by molar-refractivity contribution is -0.189. The molecule has 1 aromatic carbocycles. The third-order valence-corrected chi connectivity index (χ3v) is 5.18. The summed E-state index contributed by atoms with van der Waals surface area (Å²) >= 11 is 3.38. The Bertz CT molecular complexity index is 923. The maximum absolute atomic E-state index is 14.2. The number of likely N-dealkylation sites (tertiary alicyclic amines) is 1. The third kappa shape index (κ3) is 4.27. The second kappa shape index (κ2) is 7.52. The van der Waals surface area contributed by atoms with Crippen molar-refractivity contribution in [3.8, 4) is 16.9 Å². The zero-order chi connectivity index (χ0) is 18.9. The lowest BCUT2D eigenvalue weighted by Crippen LogP contribution is -2.43. The summed E-state index contributed by atoms with van der Waals surface area (Å²) in [5.74, 6) is 0.150. The molecule has 5 nitrogen and oxygen atoms in total. The SMILES string of the molecule is FC(F)(CN1CCCCC1)Oc1ccc(-c2cnc3c(Br)cnn3c2)cc1. The van der Waals surface area contributed by atoms with Gasteiger partial charge in [-0.15, -0.1) is 0 Å². The van der Waals surface area contributed by atoms with E-state index >= 15 is 0 Å². The summed E-state index contributed by atoms with van der Waals surface area (Å²) in [6.07, 6.45) is 5.08. The van der Waals surface area contributed by atoms with Crippen molar-refractivity contribution in [2.75, 3.05) is 19.6 Å². The van der Waals surface area contributed by atoms with Crippen LogP contribution in [0.1, 0.15) is 19.3 Å². The fraction of sp³-hybridized carbons (Fsp3) is 0.368. The van der Waals surface area contributed by atoms with Crippen molar-refractivity contribution < 1.29 is 13.5 Å². The van der Waals surface area contributed by atoms with Crippen molar-refractivity contribution in [2.45, 2.75) is 25.4 Å². The van der Waals surface area contributed by atoms with Crippen LogP contribution < -0.4 is 4.74 Å². The van der Waals surface area contributed by atoms with Gasteiger partial charge in [-0.2, -0.15) is 13.9 Å². The largest absolute Gasteiger partial charge is 0.432 e.